The first-order chi connectivity index (χ1) is 16.4. The van der Waals surface area contributed by atoms with Crippen molar-refractivity contribution in [3.8, 4) is 0 Å². The first-order valence-electron chi connectivity index (χ1n) is 11.1. The number of nitrogens with zero attached hydrogens (tertiary/aromatic N) is 2. The van der Waals surface area contributed by atoms with E-state index in [2.05, 4.69) is 5.32 Å². The molecule has 0 saturated heterocycles. The second kappa shape index (κ2) is 12.0. The van der Waals surface area contributed by atoms with Gasteiger partial charge >= 0.3 is 5.97 Å². The normalized spacial score (nSPS) is 11.1. The maximum absolute atomic E-state index is 12.0. The number of anilines is 1. The minimum absolute atomic E-state index is 0.0697. The number of carbonyl (C=O) groups excluding carboxylic acids is 2. The van der Waals surface area contributed by atoms with E-state index in [1.807, 2.05) is 47.6 Å². The Balaban J connectivity index is 0.000000369. The molecule has 2 amide bonds. The van der Waals surface area contributed by atoms with Gasteiger partial charge in [0.25, 0.3) is 11.6 Å². The molecule has 2 aromatic carbocycles. The molecular formula is C26H34ClN3O6. The topological polar surface area (TPSA) is 130 Å². The molecule has 2 N–H and O–H groups in total. The van der Waals surface area contributed by atoms with E-state index < -0.39 is 10.9 Å². The standard InChI is InChI=1S/C15H21ClN2O2.C11H13NO4/c1-15(2,3)11-7-6-10(14(20)18(4)5)8-12(11)17-13(19)9-16;1-11(2,3)8-5-4-7(10(13)14)6-9(8)12(15)16/h6-8H,9H2,1-5H3,(H,17,19);4-6H,1-3H3,(H,13,14). The van der Waals surface area contributed by atoms with Crippen molar-refractivity contribution in [1.82, 2.24) is 4.90 Å². The molecule has 0 spiro atoms. The van der Waals surface area contributed by atoms with Crippen LogP contribution in [0.25, 0.3) is 0 Å². The average Bonchev–Trinajstić information content (AvgIpc) is 2.76. The monoisotopic (exact) mass is 519 g/mol. The Kier molecular flexibility index (Phi) is 10.2. The molecule has 0 heterocycles. The molecule has 0 aliphatic carbocycles. The fourth-order valence-corrected chi connectivity index (χ4v) is 3.39. The van der Waals surface area contributed by atoms with Crippen LogP contribution in [0.3, 0.4) is 0 Å². The molecule has 10 heteroatoms. The molecular weight excluding hydrogens is 486 g/mol. The van der Waals surface area contributed by atoms with Gasteiger partial charge in [0, 0.05) is 37.0 Å². The van der Waals surface area contributed by atoms with Gasteiger partial charge in [-0.2, -0.15) is 0 Å². The second-order valence-corrected chi connectivity index (χ2v) is 10.7. The Morgan fingerprint density at radius 1 is 0.944 bits per heavy atom. The highest BCUT2D eigenvalue weighted by molar-refractivity contribution is 6.29. The van der Waals surface area contributed by atoms with Gasteiger partial charge in [-0.3, -0.25) is 19.7 Å². The van der Waals surface area contributed by atoms with Crippen molar-refractivity contribution in [2.24, 2.45) is 0 Å². The third-order valence-corrected chi connectivity index (χ3v) is 5.37. The summed E-state index contributed by atoms with van der Waals surface area (Å²) in [6.45, 7) is 11.7. The fourth-order valence-electron chi connectivity index (χ4n) is 3.33. The third kappa shape index (κ3) is 8.34. The number of benzene rings is 2. The zero-order chi connectivity index (χ0) is 28.0. The minimum Gasteiger partial charge on any atom is -0.478 e. The minimum atomic E-state index is -1.16. The quantitative estimate of drug-likeness (QED) is 0.306. The molecule has 0 radical (unpaired) electrons. The summed E-state index contributed by atoms with van der Waals surface area (Å²) in [6.07, 6.45) is 0. The number of nitro benzene ring substituents is 1. The number of nitro groups is 1. The molecule has 0 saturated carbocycles. The number of amides is 2. The Labute approximate surface area is 216 Å². The van der Waals surface area contributed by atoms with Crippen molar-refractivity contribution < 1.29 is 24.4 Å². The van der Waals surface area contributed by atoms with Gasteiger partial charge in [0.15, 0.2) is 0 Å². The molecule has 0 bridgehead atoms. The maximum atomic E-state index is 12.0. The number of aromatic carboxylic acids is 1. The zero-order valence-corrected chi connectivity index (χ0v) is 22.7. The lowest BCUT2D eigenvalue weighted by Gasteiger charge is -2.24. The van der Waals surface area contributed by atoms with Gasteiger partial charge in [-0.05, 0) is 34.6 Å². The summed E-state index contributed by atoms with van der Waals surface area (Å²) in [7, 11) is 3.38. The summed E-state index contributed by atoms with van der Waals surface area (Å²) in [5.41, 5.74) is 1.92. The summed E-state index contributed by atoms with van der Waals surface area (Å²) < 4.78 is 0. The Bertz CT molecular complexity index is 1150. The van der Waals surface area contributed by atoms with Crippen LogP contribution in [-0.4, -0.2) is 52.7 Å². The van der Waals surface area contributed by atoms with Crippen LogP contribution in [0.4, 0.5) is 11.4 Å². The summed E-state index contributed by atoms with van der Waals surface area (Å²) in [6, 6.07) is 9.34. The van der Waals surface area contributed by atoms with E-state index in [1.54, 1.807) is 26.2 Å². The summed E-state index contributed by atoms with van der Waals surface area (Å²) in [4.78, 5) is 46.1. The van der Waals surface area contributed by atoms with Crippen molar-refractivity contribution in [2.45, 2.75) is 52.4 Å². The average molecular weight is 520 g/mol. The van der Waals surface area contributed by atoms with E-state index in [0.29, 0.717) is 16.8 Å². The second-order valence-electron chi connectivity index (χ2n) is 10.4. The van der Waals surface area contributed by atoms with Crippen molar-refractivity contribution >= 4 is 40.8 Å². The van der Waals surface area contributed by atoms with Crippen LogP contribution in [0.5, 0.6) is 0 Å². The molecule has 0 aliphatic heterocycles. The first kappa shape index (κ1) is 30.6. The van der Waals surface area contributed by atoms with Crippen molar-refractivity contribution in [3.63, 3.8) is 0 Å². The van der Waals surface area contributed by atoms with Gasteiger partial charge in [0.2, 0.25) is 5.91 Å². The molecule has 9 nitrogen and oxygen atoms in total. The molecule has 0 aliphatic rings. The largest absolute Gasteiger partial charge is 0.478 e. The molecule has 36 heavy (non-hydrogen) atoms. The van der Waals surface area contributed by atoms with E-state index in [-0.39, 0.29) is 39.8 Å². The van der Waals surface area contributed by atoms with Crippen LogP contribution in [0.15, 0.2) is 36.4 Å². The van der Waals surface area contributed by atoms with Crippen LogP contribution in [-0.2, 0) is 15.6 Å². The Morgan fingerprint density at radius 3 is 1.86 bits per heavy atom. The van der Waals surface area contributed by atoms with Crippen LogP contribution in [0, 0.1) is 10.1 Å². The van der Waals surface area contributed by atoms with Gasteiger partial charge in [-0.15, -0.1) is 11.6 Å². The number of carbonyl (C=O) groups is 3. The van der Waals surface area contributed by atoms with Gasteiger partial charge in [0.1, 0.15) is 5.88 Å². The van der Waals surface area contributed by atoms with Crippen LogP contribution >= 0.6 is 11.6 Å². The van der Waals surface area contributed by atoms with E-state index >= 15 is 0 Å². The molecule has 196 valence electrons. The van der Waals surface area contributed by atoms with E-state index in [9.17, 15) is 24.5 Å². The number of hydrogen-bond acceptors (Lipinski definition) is 5. The lowest BCUT2D eigenvalue weighted by atomic mass is 9.85. The molecule has 0 unspecified atom stereocenters. The molecule has 0 fully saturated rings. The maximum Gasteiger partial charge on any atom is 0.335 e. The number of carboxylic acids is 1. The lowest BCUT2D eigenvalue weighted by molar-refractivity contribution is -0.386. The number of halogens is 1. The van der Waals surface area contributed by atoms with Crippen LogP contribution in [0.2, 0.25) is 0 Å². The number of alkyl halides is 1. The highest BCUT2D eigenvalue weighted by Gasteiger charge is 2.26. The van der Waals surface area contributed by atoms with Crippen LogP contribution < -0.4 is 5.32 Å². The Hall–Kier alpha value is -3.46. The van der Waals surface area contributed by atoms with Gasteiger partial charge in [0.05, 0.1) is 10.5 Å². The fraction of sp³-hybridized carbons (Fsp3) is 0.423. The van der Waals surface area contributed by atoms with Crippen molar-refractivity contribution in [3.05, 3.63) is 68.8 Å². The zero-order valence-electron chi connectivity index (χ0n) is 21.9. The number of hydrogen-bond donors (Lipinski definition) is 2. The predicted octanol–water partition coefficient (Wildman–Crippen LogP) is 5.45. The summed E-state index contributed by atoms with van der Waals surface area (Å²) in [5, 5.41) is 22.4. The third-order valence-electron chi connectivity index (χ3n) is 5.13. The smallest absolute Gasteiger partial charge is 0.335 e. The van der Waals surface area contributed by atoms with Gasteiger partial charge in [-0.25, -0.2) is 4.79 Å². The highest BCUT2D eigenvalue weighted by Crippen LogP contribution is 2.32. The first-order valence-corrected chi connectivity index (χ1v) is 11.7. The highest BCUT2D eigenvalue weighted by atomic mass is 35.5. The number of carboxylic acid groups (broad SMARTS) is 1. The van der Waals surface area contributed by atoms with E-state index in [1.165, 1.54) is 17.0 Å². The van der Waals surface area contributed by atoms with E-state index in [0.717, 1.165) is 11.6 Å². The van der Waals surface area contributed by atoms with E-state index in [4.69, 9.17) is 16.7 Å². The summed E-state index contributed by atoms with van der Waals surface area (Å²) in [5.74, 6) is -1.67. The Morgan fingerprint density at radius 2 is 1.44 bits per heavy atom. The van der Waals surface area contributed by atoms with Crippen LogP contribution in [0.1, 0.15) is 73.4 Å². The van der Waals surface area contributed by atoms with Gasteiger partial charge in [-0.1, -0.05) is 53.7 Å². The molecule has 0 atom stereocenters. The number of rotatable bonds is 5. The molecule has 2 rings (SSSR count). The predicted molar refractivity (Wildman–Crippen MR) is 141 cm³/mol. The van der Waals surface area contributed by atoms with Gasteiger partial charge < -0.3 is 15.3 Å². The summed E-state index contributed by atoms with van der Waals surface area (Å²) >= 11 is 5.53. The lowest BCUT2D eigenvalue weighted by Crippen LogP contribution is -2.24. The van der Waals surface area contributed by atoms with Crippen molar-refractivity contribution in [2.75, 3.05) is 25.3 Å². The molecule has 0 aromatic heterocycles. The number of nitrogens with one attached hydrogen (secondary N) is 1. The van der Waals surface area contributed by atoms with Crippen molar-refractivity contribution in [1.29, 1.82) is 0 Å². The molecule has 2 aromatic rings. The SMILES string of the molecule is CC(C)(C)c1ccc(C(=O)O)cc1[N+](=O)[O-].CN(C)C(=O)c1ccc(C(C)(C)C)c(NC(=O)CCl)c1.